The molecule has 3 rings (SSSR count). The Hall–Kier alpha value is -0.720. The van der Waals surface area contributed by atoms with Crippen molar-refractivity contribution < 1.29 is 8.92 Å². The van der Waals surface area contributed by atoms with E-state index in [-0.39, 0.29) is 0 Å². The van der Waals surface area contributed by atoms with Crippen molar-refractivity contribution in [3.05, 3.63) is 65.7 Å². The van der Waals surface area contributed by atoms with Crippen LogP contribution in [0.4, 0.5) is 0 Å². The molecule has 0 N–H and O–H groups in total. The van der Waals surface area contributed by atoms with E-state index in [1.165, 1.54) is 39.6 Å². The molecule has 23 heavy (non-hydrogen) atoms. The summed E-state index contributed by atoms with van der Waals surface area (Å²) in [6.07, 6.45) is 3.73. The Labute approximate surface area is 154 Å². The maximum absolute atomic E-state index is 5.96. The average molecular weight is 440 g/mol. The van der Waals surface area contributed by atoms with E-state index in [0.29, 0.717) is 18.4 Å². The highest BCUT2D eigenvalue weighted by Gasteiger charge is 2.26. The number of ether oxygens (including phenoxy) is 1. The molecule has 2 aromatic rings. The zero-order chi connectivity index (χ0) is 15.9. The number of rotatable bonds is 7. The highest BCUT2D eigenvalue weighted by molar-refractivity contribution is 14.2. The minimum absolute atomic E-state index is 0.623. The van der Waals surface area contributed by atoms with Crippen LogP contribution in [-0.4, -0.2) is 6.61 Å². The molecule has 0 heterocycles. The molecule has 0 spiro atoms. The van der Waals surface area contributed by atoms with Gasteiger partial charge < -0.3 is 8.92 Å². The second-order valence-electron chi connectivity index (χ2n) is 6.07. The number of halogens is 1. The van der Waals surface area contributed by atoms with Gasteiger partial charge in [0.2, 0.25) is 0 Å². The first-order valence-electron chi connectivity index (χ1n) is 8.02. The zero-order valence-electron chi connectivity index (χ0n) is 13.0. The van der Waals surface area contributed by atoms with Gasteiger partial charge in [0.15, 0.2) is 0 Å². The molecule has 0 aromatic heterocycles. The lowest BCUT2D eigenvalue weighted by atomic mass is 9.96. The molecule has 0 amide bonds. The van der Waals surface area contributed by atoms with E-state index in [1.54, 1.807) is 0 Å². The molecule has 1 aliphatic rings. The van der Waals surface area contributed by atoms with E-state index >= 15 is 0 Å². The molecule has 122 valence electrons. The van der Waals surface area contributed by atoms with Crippen LogP contribution in [0.2, 0.25) is 0 Å². The first kappa shape index (κ1) is 17.1. The van der Waals surface area contributed by atoms with Gasteiger partial charge in [0, 0.05) is 21.2 Å². The second-order valence-corrected chi connectivity index (χ2v) is 7.51. The van der Waals surface area contributed by atoms with Crippen LogP contribution in [0.3, 0.4) is 0 Å². The van der Waals surface area contributed by atoms with Crippen LogP contribution in [0.1, 0.15) is 36.3 Å². The summed E-state index contributed by atoms with van der Waals surface area (Å²) in [5.74, 6) is 2.30. The van der Waals surface area contributed by atoms with Crippen molar-refractivity contribution in [3.8, 4) is 5.75 Å². The Morgan fingerprint density at radius 3 is 2.74 bits per heavy atom. The van der Waals surface area contributed by atoms with Crippen molar-refractivity contribution in [2.24, 2.45) is 5.92 Å². The highest BCUT2D eigenvalue weighted by atomic mass is 127. The Bertz CT molecular complexity index is 605. The maximum Gasteiger partial charge on any atom is 0.120 e. The summed E-state index contributed by atoms with van der Waals surface area (Å²) in [7, 11) is 1.44. The van der Waals surface area contributed by atoms with Crippen molar-refractivity contribution in [1.82, 2.24) is 0 Å². The summed E-state index contributed by atoms with van der Waals surface area (Å²) in [5.41, 5.74) is 2.60. The molecule has 2 nitrogen and oxygen atoms in total. The summed E-state index contributed by atoms with van der Waals surface area (Å²) in [6.45, 7) is 1.49. The van der Waals surface area contributed by atoms with Crippen molar-refractivity contribution in [2.75, 3.05) is 6.61 Å². The van der Waals surface area contributed by atoms with Crippen LogP contribution in [0.25, 0.3) is 0 Å². The summed E-state index contributed by atoms with van der Waals surface area (Å²) in [5, 5.41) is 0. The van der Waals surface area contributed by atoms with Crippen LogP contribution < -0.4 is 4.74 Å². The third-order valence-corrected chi connectivity index (χ3v) is 5.46. The molecule has 1 aliphatic carbocycles. The average Bonchev–Trinajstić information content (AvgIpc) is 3.08. The van der Waals surface area contributed by atoms with Gasteiger partial charge in [0.05, 0.1) is 15.8 Å². The molecule has 2 atom stereocenters. The molecule has 0 aliphatic heterocycles. The summed E-state index contributed by atoms with van der Waals surface area (Å²) >= 11 is 2.19. The van der Waals surface area contributed by atoms with Gasteiger partial charge >= 0.3 is 0 Å². The zero-order valence-corrected chi connectivity index (χ0v) is 16.0. The molecule has 2 aromatic carbocycles. The van der Waals surface area contributed by atoms with E-state index in [0.717, 1.165) is 12.4 Å². The predicted octanol–water partition coefficient (Wildman–Crippen LogP) is 6.16. The maximum atomic E-state index is 5.96. The van der Waals surface area contributed by atoms with Crippen LogP contribution in [0.15, 0.2) is 54.6 Å². The lowest BCUT2D eigenvalue weighted by Crippen LogP contribution is -2.02. The molecule has 1 saturated carbocycles. The Kier molecular flexibility index (Phi) is 6.66. The van der Waals surface area contributed by atoms with E-state index in [9.17, 15) is 0 Å². The Morgan fingerprint density at radius 1 is 1.04 bits per heavy atom. The molecular formula is C19H21IO2S. The third kappa shape index (κ3) is 5.13. The fourth-order valence-electron chi connectivity index (χ4n) is 3.25. The van der Waals surface area contributed by atoms with Crippen molar-refractivity contribution in [2.45, 2.75) is 31.8 Å². The van der Waals surface area contributed by atoms with Gasteiger partial charge in [-0.2, -0.15) is 0 Å². The summed E-state index contributed by atoms with van der Waals surface area (Å²) in [4.78, 5) is 0. The Balaban J connectivity index is 1.57. The first-order valence-corrected chi connectivity index (χ1v) is 11.3. The quantitative estimate of drug-likeness (QED) is 0.379. The van der Waals surface area contributed by atoms with Crippen molar-refractivity contribution in [3.63, 3.8) is 0 Å². The molecule has 0 saturated heterocycles. The van der Waals surface area contributed by atoms with E-state index < -0.39 is 0 Å². The smallest absolute Gasteiger partial charge is 0.120 e. The largest absolute Gasteiger partial charge is 0.489 e. The fraction of sp³-hybridized carbons (Fsp3) is 0.368. The summed E-state index contributed by atoms with van der Waals surface area (Å²) < 4.78 is 11.4. The minimum Gasteiger partial charge on any atom is -0.489 e. The molecule has 1 fully saturated rings. The SMILES string of the molecule is ISOCC1CCC(c2cccc(OCc3ccccc3)c2)C1. The standard InChI is InChI=1S/C19H21IO2S/c20-23-22-14-16-9-10-18(11-16)17-7-4-8-19(12-17)21-13-15-5-2-1-3-6-15/h1-8,12,16,18H,9-11,13-14H2. The van der Waals surface area contributed by atoms with Crippen LogP contribution in [-0.2, 0) is 10.8 Å². The van der Waals surface area contributed by atoms with Crippen LogP contribution >= 0.6 is 30.4 Å². The van der Waals surface area contributed by atoms with Gasteiger partial charge in [-0.25, -0.2) is 0 Å². The predicted molar refractivity (Wildman–Crippen MR) is 105 cm³/mol. The first-order chi connectivity index (χ1) is 11.3. The normalized spacial score (nSPS) is 20.6. The van der Waals surface area contributed by atoms with Gasteiger partial charge in [0.25, 0.3) is 0 Å². The molecule has 0 bridgehead atoms. The second kappa shape index (κ2) is 8.94. The molecule has 0 radical (unpaired) electrons. The van der Waals surface area contributed by atoms with Gasteiger partial charge in [-0.05, 0) is 54.4 Å². The van der Waals surface area contributed by atoms with Crippen molar-refractivity contribution >= 4 is 30.4 Å². The number of hydrogen-bond donors (Lipinski definition) is 0. The number of benzene rings is 2. The molecule has 2 unspecified atom stereocenters. The third-order valence-electron chi connectivity index (χ3n) is 4.47. The monoisotopic (exact) mass is 440 g/mol. The lowest BCUT2D eigenvalue weighted by Gasteiger charge is -2.13. The summed E-state index contributed by atoms with van der Waals surface area (Å²) in [6, 6.07) is 18.9. The van der Waals surface area contributed by atoms with Gasteiger partial charge in [-0.3, -0.25) is 0 Å². The number of hydrogen-bond acceptors (Lipinski definition) is 3. The van der Waals surface area contributed by atoms with Gasteiger partial charge in [0.1, 0.15) is 12.4 Å². The lowest BCUT2D eigenvalue weighted by molar-refractivity contribution is 0.294. The van der Waals surface area contributed by atoms with Crippen LogP contribution in [0, 0.1) is 5.92 Å². The van der Waals surface area contributed by atoms with E-state index in [4.69, 9.17) is 8.92 Å². The fourth-order valence-corrected chi connectivity index (χ4v) is 3.93. The molecular weight excluding hydrogens is 419 g/mol. The molecule has 4 heteroatoms. The van der Waals surface area contributed by atoms with Gasteiger partial charge in [-0.1, -0.05) is 42.5 Å². The van der Waals surface area contributed by atoms with Gasteiger partial charge in [-0.15, -0.1) is 0 Å². The van der Waals surface area contributed by atoms with Crippen molar-refractivity contribution in [1.29, 1.82) is 0 Å². The van der Waals surface area contributed by atoms with Crippen LogP contribution in [0.5, 0.6) is 5.75 Å². The highest BCUT2D eigenvalue weighted by Crippen LogP contribution is 2.39. The van der Waals surface area contributed by atoms with E-state index in [1.807, 2.05) is 18.2 Å². The minimum atomic E-state index is 0.623. The topological polar surface area (TPSA) is 18.5 Å². The Morgan fingerprint density at radius 2 is 1.91 bits per heavy atom. The van der Waals surface area contributed by atoms with E-state index in [2.05, 4.69) is 57.6 Å².